The molecule has 19 heavy (non-hydrogen) atoms. The molecule has 0 spiro atoms. The Morgan fingerprint density at radius 2 is 1.95 bits per heavy atom. The molecule has 1 aromatic rings. The van der Waals surface area contributed by atoms with Crippen LogP contribution in [0.2, 0.25) is 0 Å². The highest BCUT2D eigenvalue weighted by Gasteiger charge is 2.25. The van der Waals surface area contributed by atoms with Crippen LogP contribution in [0, 0.1) is 5.82 Å². The molecular formula is C15H20FNO2. The first-order valence-electron chi connectivity index (χ1n) is 6.94. The number of rotatable bonds is 5. The van der Waals surface area contributed by atoms with E-state index in [0.717, 1.165) is 30.6 Å². The topological polar surface area (TPSA) is 44.6 Å². The zero-order valence-corrected chi connectivity index (χ0v) is 11.0. The second kappa shape index (κ2) is 6.66. The highest BCUT2D eigenvalue weighted by Crippen LogP contribution is 2.16. The van der Waals surface area contributed by atoms with Crippen molar-refractivity contribution in [2.45, 2.75) is 44.7 Å². The van der Waals surface area contributed by atoms with Crippen LogP contribution >= 0.6 is 0 Å². The predicted molar refractivity (Wildman–Crippen MR) is 67.8 cm³/mol. The summed E-state index contributed by atoms with van der Waals surface area (Å²) < 4.78 is 13.7. The number of hydrogen-bond donors (Lipinski definition) is 1. The van der Waals surface area contributed by atoms with Gasteiger partial charge >= 0.3 is 0 Å². The van der Waals surface area contributed by atoms with Crippen molar-refractivity contribution in [2.24, 2.45) is 0 Å². The lowest BCUT2D eigenvalue weighted by Crippen LogP contribution is -3.16. The summed E-state index contributed by atoms with van der Waals surface area (Å²) in [7, 11) is 0. The number of halogens is 1. The Labute approximate surface area is 113 Å². The minimum Gasteiger partial charge on any atom is -0.544 e. The van der Waals surface area contributed by atoms with Crippen LogP contribution in [-0.4, -0.2) is 18.6 Å². The summed E-state index contributed by atoms with van der Waals surface area (Å²) in [6, 6.07) is 6.90. The van der Waals surface area contributed by atoms with Crippen LogP contribution in [0.4, 0.5) is 4.39 Å². The molecule has 1 N–H and O–H groups in total. The average molecular weight is 265 g/mol. The molecule has 1 unspecified atom stereocenters. The Morgan fingerprint density at radius 1 is 1.26 bits per heavy atom. The number of quaternary nitrogens is 1. The molecule has 0 saturated heterocycles. The molecule has 1 atom stereocenters. The molecule has 1 saturated carbocycles. The van der Waals surface area contributed by atoms with Crippen LogP contribution in [0.25, 0.3) is 0 Å². The number of carbonyl (C=O) groups excluding carboxylic acids is 1. The third-order valence-electron chi connectivity index (χ3n) is 3.93. The van der Waals surface area contributed by atoms with Gasteiger partial charge in [0, 0.05) is 5.56 Å². The van der Waals surface area contributed by atoms with E-state index in [4.69, 9.17) is 0 Å². The number of hydrogen-bond acceptors (Lipinski definition) is 2. The van der Waals surface area contributed by atoms with Gasteiger partial charge in [-0.1, -0.05) is 24.6 Å². The van der Waals surface area contributed by atoms with Crippen molar-refractivity contribution in [3.63, 3.8) is 0 Å². The zero-order chi connectivity index (χ0) is 13.7. The van der Waals surface area contributed by atoms with Crippen molar-refractivity contribution >= 4 is 5.97 Å². The molecule has 2 rings (SSSR count). The van der Waals surface area contributed by atoms with Crippen molar-refractivity contribution in [3.8, 4) is 0 Å². The fourth-order valence-corrected chi connectivity index (χ4v) is 2.93. The van der Waals surface area contributed by atoms with Crippen molar-refractivity contribution in [2.75, 3.05) is 6.54 Å². The van der Waals surface area contributed by atoms with Crippen LogP contribution in [0.3, 0.4) is 0 Å². The summed E-state index contributed by atoms with van der Waals surface area (Å²) >= 11 is 0. The SMILES string of the molecule is O=C([O-])C[NH+](Cc1ccccc1F)C1CCCCC1. The van der Waals surface area contributed by atoms with Crippen molar-refractivity contribution < 1.29 is 19.2 Å². The minimum absolute atomic E-state index is 0.0427. The first-order valence-corrected chi connectivity index (χ1v) is 6.94. The molecule has 0 aliphatic heterocycles. The normalized spacial score (nSPS) is 18.2. The third kappa shape index (κ3) is 4.03. The molecule has 4 heteroatoms. The van der Waals surface area contributed by atoms with E-state index in [1.807, 2.05) is 0 Å². The smallest absolute Gasteiger partial charge is 0.132 e. The van der Waals surface area contributed by atoms with E-state index in [-0.39, 0.29) is 12.4 Å². The van der Waals surface area contributed by atoms with Gasteiger partial charge in [-0.3, -0.25) is 0 Å². The van der Waals surface area contributed by atoms with Gasteiger partial charge in [-0.2, -0.15) is 0 Å². The van der Waals surface area contributed by atoms with Crippen molar-refractivity contribution in [1.29, 1.82) is 0 Å². The second-order valence-electron chi connectivity index (χ2n) is 5.31. The third-order valence-corrected chi connectivity index (χ3v) is 3.93. The fourth-order valence-electron chi connectivity index (χ4n) is 2.93. The van der Waals surface area contributed by atoms with Crippen LogP contribution in [-0.2, 0) is 11.3 Å². The number of aliphatic carboxylic acids is 1. The van der Waals surface area contributed by atoms with Gasteiger partial charge in [-0.15, -0.1) is 0 Å². The summed E-state index contributed by atoms with van der Waals surface area (Å²) in [5.74, 6) is -1.31. The summed E-state index contributed by atoms with van der Waals surface area (Å²) in [6.45, 7) is 0.379. The van der Waals surface area contributed by atoms with Gasteiger partial charge in [0.2, 0.25) is 0 Å². The fraction of sp³-hybridized carbons (Fsp3) is 0.533. The quantitative estimate of drug-likeness (QED) is 0.832. The molecule has 1 fully saturated rings. The Balaban J connectivity index is 2.08. The van der Waals surface area contributed by atoms with E-state index in [9.17, 15) is 14.3 Å². The van der Waals surface area contributed by atoms with Gasteiger partial charge in [0.05, 0.1) is 12.0 Å². The monoisotopic (exact) mass is 265 g/mol. The van der Waals surface area contributed by atoms with E-state index < -0.39 is 5.97 Å². The van der Waals surface area contributed by atoms with E-state index in [1.165, 1.54) is 12.5 Å². The molecule has 0 radical (unpaired) electrons. The molecular weight excluding hydrogens is 245 g/mol. The van der Waals surface area contributed by atoms with Gasteiger partial charge in [0.15, 0.2) is 0 Å². The van der Waals surface area contributed by atoms with Crippen LogP contribution < -0.4 is 10.0 Å². The van der Waals surface area contributed by atoms with E-state index >= 15 is 0 Å². The Bertz CT molecular complexity index is 430. The van der Waals surface area contributed by atoms with Gasteiger partial charge in [0.25, 0.3) is 0 Å². The standard InChI is InChI=1S/C15H20FNO2/c16-14-9-5-4-6-12(14)10-17(11-15(18)19)13-7-2-1-3-8-13/h4-6,9,13H,1-3,7-8,10-11H2,(H,18,19). The molecule has 0 bridgehead atoms. The Hall–Kier alpha value is -1.42. The van der Waals surface area contributed by atoms with Gasteiger partial charge < -0.3 is 14.8 Å². The zero-order valence-electron chi connectivity index (χ0n) is 11.0. The molecule has 1 aliphatic rings. The maximum Gasteiger partial charge on any atom is 0.132 e. The lowest BCUT2D eigenvalue weighted by Gasteiger charge is -2.31. The lowest BCUT2D eigenvalue weighted by atomic mass is 9.94. The number of carbonyl (C=O) groups is 1. The van der Waals surface area contributed by atoms with E-state index in [2.05, 4.69) is 0 Å². The molecule has 1 aliphatic carbocycles. The van der Waals surface area contributed by atoms with E-state index in [1.54, 1.807) is 18.2 Å². The minimum atomic E-state index is -1.06. The first kappa shape index (κ1) is 14.0. The predicted octanol–water partition coefficient (Wildman–Crippen LogP) is 0.293. The maximum absolute atomic E-state index is 13.7. The largest absolute Gasteiger partial charge is 0.544 e. The number of carboxylic acids is 1. The molecule has 0 amide bonds. The highest BCUT2D eigenvalue weighted by molar-refractivity contribution is 5.65. The highest BCUT2D eigenvalue weighted by atomic mass is 19.1. The lowest BCUT2D eigenvalue weighted by molar-refractivity contribution is -0.934. The van der Waals surface area contributed by atoms with Crippen LogP contribution in [0.5, 0.6) is 0 Å². The summed E-state index contributed by atoms with van der Waals surface area (Å²) in [5, 5.41) is 10.9. The van der Waals surface area contributed by atoms with Crippen molar-refractivity contribution in [3.05, 3.63) is 35.6 Å². The molecule has 0 aromatic heterocycles. The summed E-state index contributed by atoms with van der Waals surface area (Å²) in [6.07, 6.45) is 5.54. The summed E-state index contributed by atoms with van der Waals surface area (Å²) in [4.78, 5) is 11.8. The molecule has 0 heterocycles. The van der Waals surface area contributed by atoms with Gasteiger partial charge in [0.1, 0.15) is 18.9 Å². The van der Waals surface area contributed by atoms with Gasteiger partial charge in [-0.25, -0.2) is 4.39 Å². The maximum atomic E-state index is 13.7. The molecule has 104 valence electrons. The van der Waals surface area contributed by atoms with Crippen LogP contribution in [0.15, 0.2) is 24.3 Å². The molecule has 1 aromatic carbocycles. The first-order chi connectivity index (χ1) is 9.16. The average Bonchev–Trinajstić information content (AvgIpc) is 2.41. The Kier molecular flexibility index (Phi) is 4.91. The number of benzene rings is 1. The van der Waals surface area contributed by atoms with Gasteiger partial charge in [-0.05, 0) is 31.7 Å². The number of carboxylic acid groups (broad SMARTS) is 1. The van der Waals surface area contributed by atoms with Crippen molar-refractivity contribution in [1.82, 2.24) is 0 Å². The second-order valence-corrected chi connectivity index (χ2v) is 5.31. The molecule has 3 nitrogen and oxygen atoms in total. The van der Waals surface area contributed by atoms with Crippen LogP contribution in [0.1, 0.15) is 37.7 Å². The summed E-state index contributed by atoms with van der Waals surface area (Å²) in [5.41, 5.74) is 0.587. The Morgan fingerprint density at radius 3 is 2.58 bits per heavy atom. The number of nitrogens with one attached hydrogen (secondary N) is 1. The van der Waals surface area contributed by atoms with E-state index in [0.29, 0.717) is 18.2 Å².